The number of carbonyl (C=O) groups is 1. The zero-order valence-corrected chi connectivity index (χ0v) is 6.64. The van der Waals surface area contributed by atoms with E-state index in [9.17, 15) is 14.5 Å². The predicted octanol–water partition coefficient (Wildman–Crippen LogP) is -3.49. The molecule has 0 spiro atoms. The van der Waals surface area contributed by atoms with Crippen molar-refractivity contribution in [1.29, 1.82) is 0 Å². The van der Waals surface area contributed by atoms with Gasteiger partial charge in [-0.1, -0.05) is 0 Å². The molecule has 0 heterocycles. The van der Waals surface area contributed by atoms with Crippen LogP contribution in [-0.4, -0.2) is 27.5 Å². The second-order valence-electron chi connectivity index (χ2n) is 1.84. The molecule has 0 aromatic carbocycles. The lowest BCUT2D eigenvalue weighted by Crippen LogP contribution is -2.37. The molecule has 0 aliphatic carbocycles. The van der Waals surface area contributed by atoms with Crippen LogP contribution in [0.5, 0.6) is 0 Å². The van der Waals surface area contributed by atoms with Crippen LogP contribution in [0.1, 0.15) is 0 Å². The first kappa shape index (κ1) is 10.9. The summed E-state index contributed by atoms with van der Waals surface area (Å²) < 4.78 is 10.4. The van der Waals surface area contributed by atoms with E-state index in [1.165, 1.54) is 0 Å². The minimum atomic E-state index is -4.90. The number of nitrogens with zero attached hydrogens (tertiary/aromatic N) is 1. The SMILES string of the molecule is NC(N)=NC(C(=O)[O-])P(=O)(O)O. The van der Waals surface area contributed by atoms with Gasteiger partial charge in [-0.05, 0) is 0 Å². The highest BCUT2D eigenvalue weighted by molar-refractivity contribution is 7.53. The summed E-state index contributed by atoms with van der Waals surface area (Å²) in [5, 5.41) is 10.1. The number of nitrogens with two attached hydrogens (primary N) is 2. The normalized spacial score (nSPS) is 13.5. The molecule has 9 heteroatoms. The molecule has 1 atom stereocenters. The fourth-order valence-corrected chi connectivity index (χ4v) is 0.965. The highest BCUT2D eigenvalue weighted by Gasteiger charge is 2.29. The average Bonchev–Trinajstić information content (AvgIpc) is 1.79. The molecule has 0 amide bonds. The Morgan fingerprint density at radius 2 is 1.92 bits per heavy atom. The lowest BCUT2D eigenvalue weighted by atomic mass is 10.7. The Labute approximate surface area is 67.1 Å². The fourth-order valence-electron chi connectivity index (χ4n) is 0.406. The van der Waals surface area contributed by atoms with Crippen molar-refractivity contribution in [2.75, 3.05) is 0 Å². The summed E-state index contributed by atoms with van der Waals surface area (Å²) in [6, 6.07) is 0. The molecular weight excluding hydrogens is 189 g/mol. The zero-order valence-electron chi connectivity index (χ0n) is 5.75. The summed E-state index contributed by atoms with van der Waals surface area (Å²) in [7, 11) is -4.90. The summed E-state index contributed by atoms with van der Waals surface area (Å²) in [6.07, 6.45) is 0. The summed E-state index contributed by atoms with van der Waals surface area (Å²) >= 11 is 0. The van der Waals surface area contributed by atoms with E-state index < -0.39 is 25.3 Å². The molecule has 0 aliphatic heterocycles. The van der Waals surface area contributed by atoms with Gasteiger partial charge in [-0.2, -0.15) is 0 Å². The Bertz CT molecular complexity index is 253. The van der Waals surface area contributed by atoms with E-state index in [1.807, 2.05) is 0 Å². The first-order chi connectivity index (χ1) is 5.25. The van der Waals surface area contributed by atoms with Crippen molar-refractivity contribution in [1.82, 2.24) is 0 Å². The first-order valence-electron chi connectivity index (χ1n) is 2.60. The molecular formula is C3H7N3O5P-. The van der Waals surface area contributed by atoms with Gasteiger partial charge in [0.15, 0.2) is 11.7 Å². The molecule has 0 aliphatic rings. The minimum absolute atomic E-state index is 0.729. The Balaban J connectivity index is 4.83. The summed E-state index contributed by atoms with van der Waals surface area (Å²) in [5.74, 6) is -5.09. The van der Waals surface area contributed by atoms with Crippen molar-refractivity contribution < 1.29 is 24.3 Å². The number of carbonyl (C=O) groups excluding carboxylic acids is 1. The molecule has 12 heavy (non-hydrogen) atoms. The number of guanidine groups is 1. The number of aliphatic imine (C=N–C) groups is 1. The minimum Gasteiger partial charge on any atom is -0.547 e. The maximum Gasteiger partial charge on any atom is 0.355 e. The van der Waals surface area contributed by atoms with Crippen molar-refractivity contribution in [3.63, 3.8) is 0 Å². The zero-order chi connectivity index (χ0) is 9.94. The van der Waals surface area contributed by atoms with Crippen LogP contribution in [0, 0.1) is 0 Å². The molecule has 0 radical (unpaired) electrons. The van der Waals surface area contributed by atoms with Gasteiger partial charge in [0.1, 0.15) is 0 Å². The van der Waals surface area contributed by atoms with E-state index in [0.29, 0.717) is 0 Å². The monoisotopic (exact) mass is 196 g/mol. The third-order valence-corrected chi connectivity index (χ3v) is 1.76. The van der Waals surface area contributed by atoms with Gasteiger partial charge in [-0.15, -0.1) is 0 Å². The van der Waals surface area contributed by atoms with Gasteiger partial charge < -0.3 is 31.2 Å². The van der Waals surface area contributed by atoms with Crippen molar-refractivity contribution in [2.24, 2.45) is 16.5 Å². The lowest BCUT2D eigenvalue weighted by Gasteiger charge is -2.14. The standard InChI is InChI=1S/C3H8N3O5P/c4-3(5)6-1(2(7)8)12(9,10)11/h1H,(H,7,8)(H4,4,5,6)(H2,9,10,11)/p-1. The van der Waals surface area contributed by atoms with Crippen molar-refractivity contribution >= 4 is 19.5 Å². The topological polar surface area (TPSA) is 162 Å². The highest BCUT2D eigenvalue weighted by atomic mass is 31.2. The molecule has 0 aromatic heterocycles. The van der Waals surface area contributed by atoms with Crippen LogP contribution < -0.4 is 16.6 Å². The lowest BCUT2D eigenvalue weighted by molar-refractivity contribution is -0.305. The second kappa shape index (κ2) is 3.53. The van der Waals surface area contributed by atoms with E-state index >= 15 is 0 Å². The molecule has 0 aromatic rings. The number of carboxylic acids is 1. The Morgan fingerprint density at radius 3 is 2.00 bits per heavy atom. The van der Waals surface area contributed by atoms with Gasteiger partial charge in [0.05, 0.1) is 5.97 Å². The molecule has 0 saturated carbocycles. The molecule has 6 N–H and O–H groups in total. The van der Waals surface area contributed by atoms with Gasteiger partial charge in [0, 0.05) is 0 Å². The third-order valence-electron chi connectivity index (χ3n) is 0.801. The van der Waals surface area contributed by atoms with Crippen LogP contribution in [0.4, 0.5) is 0 Å². The Kier molecular flexibility index (Phi) is 3.20. The molecule has 0 fully saturated rings. The number of hydrogen-bond acceptors (Lipinski definition) is 4. The largest absolute Gasteiger partial charge is 0.547 e. The van der Waals surface area contributed by atoms with E-state index in [2.05, 4.69) is 4.99 Å². The van der Waals surface area contributed by atoms with Crippen LogP contribution in [0.2, 0.25) is 0 Å². The second-order valence-corrected chi connectivity index (χ2v) is 3.50. The maximum atomic E-state index is 10.4. The number of carboxylic acid groups (broad SMARTS) is 1. The van der Waals surface area contributed by atoms with Gasteiger partial charge in [0.25, 0.3) is 0 Å². The fraction of sp³-hybridized carbons (Fsp3) is 0.333. The molecule has 70 valence electrons. The number of rotatable bonds is 3. The third kappa shape index (κ3) is 3.33. The van der Waals surface area contributed by atoms with Crippen LogP contribution in [-0.2, 0) is 9.36 Å². The Hall–Kier alpha value is -1.11. The number of aliphatic carboxylic acids is 1. The van der Waals surface area contributed by atoms with Gasteiger partial charge in [-0.25, -0.2) is 4.99 Å². The predicted molar refractivity (Wildman–Crippen MR) is 36.6 cm³/mol. The molecule has 0 rings (SSSR count). The first-order valence-corrected chi connectivity index (χ1v) is 4.28. The quantitative estimate of drug-likeness (QED) is 0.207. The van der Waals surface area contributed by atoms with Crippen LogP contribution in [0.3, 0.4) is 0 Å². The molecule has 0 bridgehead atoms. The highest BCUT2D eigenvalue weighted by Crippen LogP contribution is 2.41. The van der Waals surface area contributed by atoms with Crippen LogP contribution in [0.25, 0.3) is 0 Å². The van der Waals surface area contributed by atoms with E-state index in [1.54, 1.807) is 0 Å². The van der Waals surface area contributed by atoms with Crippen LogP contribution >= 0.6 is 7.60 Å². The number of hydrogen-bond donors (Lipinski definition) is 4. The van der Waals surface area contributed by atoms with E-state index in [-0.39, 0.29) is 0 Å². The van der Waals surface area contributed by atoms with Crippen molar-refractivity contribution in [3.05, 3.63) is 0 Å². The summed E-state index contributed by atoms with van der Waals surface area (Å²) in [5.41, 5.74) is 9.44. The molecule has 1 unspecified atom stereocenters. The van der Waals surface area contributed by atoms with Gasteiger partial charge in [-0.3, -0.25) is 4.57 Å². The van der Waals surface area contributed by atoms with Crippen molar-refractivity contribution in [2.45, 2.75) is 5.78 Å². The molecule has 0 saturated heterocycles. The summed E-state index contributed by atoms with van der Waals surface area (Å²) in [6.45, 7) is 0. The van der Waals surface area contributed by atoms with Gasteiger partial charge in [0.2, 0.25) is 0 Å². The average molecular weight is 196 g/mol. The smallest absolute Gasteiger partial charge is 0.355 e. The van der Waals surface area contributed by atoms with E-state index in [4.69, 9.17) is 21.3 Å². The summed E-state index contributed by atoms with van der Waals surface area (Å²) in [4.78, 5) is 29.6. The maximum absolute atomic E-state index is 10.4. The van der Waals surface area contributed by atoms with Crippen LogP contribution in [0.15, 0.2) is 4.99 Å². The van der Waals surface area contributed by atoms with E-state index in [0.717, 1.165) is 0 Å². The van der Waals surface area contributed by atoms with Crippen molar-refractivity contribution in [3.8, 4) is 0 Å². The van der Waals surface area contributed by atoms with Gasteiger partial charge >= 0.3 is 7.60 Å². The Morgan fingerprint density at radius 1 is 1.50 bits per heavy atom. The molecule has 8 nitrogen and oxygen atoms in total.